The second-order valence-electron chi connectivity index (χ2n) is 9.73. The van der Waals surface area contributed by atoms with E-state index in [0.717, 1.165) is 29.5 Å². The zero-order chi connectivity index (χ0) is 23.5. The molecular formula is C26H36N2O4. The van der Waals surface area contributed by atoms with Gasteiger partial charge >= 0.3 is 6.09 Å². The summed E-state index contributed by atoms with van der Waals surface area (Å²) in [5, 5.41) is 10.3. The molecule has 0 saturated heterocycles. The molecule has 2 aromatic rings. The molecule has 0 radical (unpaired) electrons. The van der Waals surface area contributed by atoms with Crippen molar-refractivity contribution in [2.45, 2.75) is 58.1 Å². The van der Waals surface area contributed by atoms with E-state index in [4.69, 9.17) is 4.74 Å². The number of ether oxygens (including phenoxy) is 1. The van der Waals surface area contributed by atoms with Gasteiger partial charge in [-0.3, -0.25) is 4.79 Å². The van der Waals surface area contributed by atoms with Gasteiger partial charge in [0.15, 0.2) is 0 Å². The topological polar surface area (TPSA) is 71.8 Å². The van der Waals surface area contributed by atoms with E-state index in [2.05, 4.69) is 0 Å². The van der Waals surface area contributed by atoms with Gasteiger partial charge in [0, 0.05) is 25.9 Å². The summed E-state index contributed by atoms with van der Waals surface area (Å²) in [7, 11) is 3.14. The molecule has 2 atom stereocenters. The Bertz CT molecular complexity index is 971. The second kappa shape index (κ2) is 9.90. The van der Waals surface area contributed by atoms with Crippen LogP contribution in [0.3, 0.4) is 0 Å². The summed E-state index contributed by atoms with van der Waals surface area (Å²) in [5.74, 6) is 1.05. The summed E-state index contributed by atoms with van der Waals surface area (Å²) in [5.41, 5.74) is 2.09. The van der Waals surface area contributed by atoms with Crippen molar-refractivity contribution in [3.05, 3.63) is 58.5 Å². The fourth-order valence-electron chi connectivity index (χ4n) is 4.44. The average Bonchev–Trinajstić information content (AvgIpc) is 3.59. The molecule has 32 heavy (non-hydrogen) atoms. The molecule has 1 heterocycles. The monoisotopic (exact) mass is 440 g/mol. The summed E-state index contributed by atoms with van der Waals surface area (Å²) in [4.78, 5) is 26.3. The smallest absolute Gasteiger partial charge is 0.409 e. The SMILES string of the molecule is COC(=O)N(CCC(CC(C)(C)O)C1CC1)[C@@H](C)c1ccc(-c2ccn(C)c(=O)c2)cc1. The molecule has 1 aromatic carbocycles. The maximum absolute atomic E-state index is 12.6. The van der Waals surface area contributed by atoms with Gasteiger partial charge < -0.3 is 19.3 Å². The Hall–Kier alpha value is -2.60. The van der Waals surface area contributed by atoms with Gasteiger partial charge in [0.05, 0.1) is 18.8 Å². The lowest BCUT2D eigenvalue weighted by atomic mass is 9.87. The number of amides is 1. The van der Waals surface area contributed by atoms with Gasteiger partial charge in [-0.05, 0) is 81.0 Å². The number of hydrogen-bond acceptors (Lipinski definition) is 4. The normalized spacial score (nSPS) is 15.8. The molecular weight excluding hydrogens is 404 g/mol. The van der Waals surface area contributed by atoms with Crippen LogP contribution in [0.25, 0.3) is 11.1 Å². The fraction of sp³-hybridized carbons (Fsp3) is 0.538. The van der Waals surface area contributed by atoms with Crippen molar-refractivity contribution in [3.8, 4) is 11.1 Å². The lowest BCUT2D eigenvalue weighted by Crippen LogP contribution is -2.36. The van der Waals surface area contributed by atoms with Gasteiger partial charge in [0.25, 0.3) is 5.56 Å². The molecule has 1 aliphatic carbocycles. The van der Waals surface area contributed by atoms with Crippen LogP contribution in [0.15, 0.2) is 47.4 Å². The summed E-state index contributed by atoms with van der Waals surface area (Å²) in [6.07, 6.45) is 5.42. The van der Waals surface area contributed by atoms with E-state index in [1.165, 1.54) is 20.0 Å². The first kappa shape index (κ1) is 24.1. The van der Waals surface area contributed by atoms with Gasteiger partial charge in [-0.15, -0.1) is 0 Å². The molecule has 0 bridgehead atoms. The highest BCUT2D eigenvalue weighted by molar-refractivity contribution is 5.68. The Balaban J connectivity index is 1.73. The van der Waals surface area contributed by atoms with Crippen LogP contribution in [0.2, 0.25) is 0 Å². The molecule has 3 rings (SSSR count). The average molecular weight is 441 g/mol. The van der Waals surface area contributed by atoms with E-state index in [-0.39, 0.29) is 17.7 Å². The van der Waals surface area contributed by atoms with Gasteiger partial charge in [0.2, 0.25) is 0 Å². The molecule has 1 saturated carbocycles. The molecule has 0 spiro atoms. The first-order valence-corrected chi connectivity index (χ1v) is 11.4. The van der Waals surface area contributed by atoms with E-state index in [0.29, 0.717) is 18.4 Å². The Morgan fingerprint density at radius 2 is 1.88 bits per heavy atom. The highest BCUT2D eigenvalue weighted by Crippen LogP contribution is 2.42. The summed E-state index contributed by atoms with van der Waals surface area (Å²) in [6.45, 7) is 6.30. The van der Waals surface area contributed by atoms with Crippen LogP contribution in [0.1, 0.15) is 58.1 Å². The lowest BCUT2D eigenvalue weighted by molar-refractivity contribution is 0.0432. The third-order valence-electron chi connectivity index (χ3n) is 6.50. The van der Waals surface area contributed by atoms with E-state index in [1.54, 1.807) is 28.8 Å². The zero-order valence-electron chi connectivity index (χ0n) is 19.9. The highest BCUT2D eigenvalue weighted by Gasteiger charge is 2.35. The summed E-state index contributed by atoms with van der Waals surface area (Å²) >= 11 is 0. The Morgan fingerprint density at radius 1 is 1.22 bits per heavy atom. The largest absolute Gasteiger partial charge is 0.453 e. The first-order chi connectivity index (χ1) is 15.1. The van der Waals surface area contributed by atoms with Crippen LogP contribution in [0.4, 0.5) is 4.79 Å². The van der Waals surface area contributed by atoms with Crippen molar-refractivity contribution in [3.63, 3.8) is 0 Å². The van der Waals surface area contributed by atoms with Crippen LogP contribution >= 0.6 is 0 Å². The van der Waals surface area contributed by atoms with Crippen LogP contribution < -0.4 is 5.56 Å². The number of benzene rings is 1. The molecule has 1 fully saturated rings. The quantitative estimate of drug-likeness (QED) is 0.610. The van der Waals surface area contributed by atoms with Crippen molar-refractivity contribution in [2.75, 3.05) is 13.7 Å². The van der Waals surface area contributed by atoms with Crippen molar-refractivity contribution in [1.82, 2.24) is 9.47 Å². The number of carbonyl (C=O) groups is 1. The second-order valence-corrected chi connectivity index (χ2v) is 9.73. The molecule has 6 heteroatoms. The minimum Gasteiger partial charge on any atom is -0.453 e. The first-order valence-electron chi connectivity index (χ1n) is 11.4. The minimum atomic E-state index is -0.705. The third kappa shape index (κ3) is 6.22. The number of aryl methyl sites for hydroxylation is 1. The highest BCUT2D eigenvalue weighted by atomic mass is 16.5. The number of hydrogen-bond donors (Lipinski definition) is 1. The number of aromatic nitrogens is 1. The van der Waals surface area contributed by atoms with Crippen LogP contribution in [0, 0.1) is 11.8 Å². The molecule has 6 nitrogen and oxygen atoms in total. The van der Waals surface area contributed by atoms with Crippen molar-refractivity contribution >= 4 is 6.09 Å². The van der Waals surface area contributed by atoms with Gasteiger partial charge in [-0.2, -0.15) is 0 Å². The van der Waals surface area contributed by atoms with E-state index in [1.807, 2.05) is 51.1 Å². The van der Waals surface area contributed by atoms with Crippen LogP contribution in [0.5, 0.6) is 0 Å². The third-order valence-corrected chi connectivity index (χ3v) is 6.50. The number of methoxy groups -OCH3 is 1. The Kier molecular flexibility index (Phi) is 7.44. The number of rotatable bonds is 9. The van der Waals surface area contributed by atoms with E-state index >= 15 is 0 Å². The van der Waals surface area contributed by atoms with E-state index < -0.39 is 5.60 Å². The molecule has 174 valence electrons. The number of aliphatic hydroxyl groups is 1. The predicted octanol–water partition coefficient (Wildman–Crippen LogP) is 4.76. The molecule has 1 N–H and O–H groups in total. The molecule has 1 unspecified atom stereocenters. The Morgan fingerprint density at radius 3 is 2.41 bits per heavy atom. The minimum absolute atomic E-state index is 0.0481. The van der Waals surface area contributed by atoms with E-state index in [9.17, 15) is 14.7 Å². The van der Waals surface area contributed by atoms with Crippen molar-refractivity contribution in [1.29, 1.82) is 0 Å². The molecule has 0 aliphatic heterocycles. The maximum atomic E-state index is 12.6. The number of nitrogens with zero attached hydrogens (tertiary/aromatic N) is 2. The lowest BCUT2D eigenvalue weighted by Gasteiger charge is -2.31. The van der Waals surface area contributed by atoms with Gasteiger partial charge in [0.1, 0.15) is 0 Å². The Labute approximate surface area is 190 Å². The maximum Gasteiger partial charge on any atom is 0.409 e. The summed E-state index contributed by atoms with van der Waals surface area (Å²) in [6, 6.07) is 11.4. The standard InChI is InChI=1S/C26H36N2O4/c1-18(19-6-8-20(9-7-19)22-12-14-27(4)24(29)16-22)28(25(30)32-5)15-13-23(21-10-11-21)17-26(2,3)31/h6-9,12,14,16,18,21,23,31H,10-11,13,15,17H2,1-5H3/t18-,23?/m0/s1. The van der Waals surface area contributed by atoms with Gasteiger partial charge in [-0.25, -0.2) is 4.79 Å². The van der Waals surface area contributed by atoms with Crippen molar-refractivity contribution in [2.24, 2.45) is 18.9 Å². The predicted molar refractivity (Wildman–Crippen MR) is 126 cm³/mol. The van der Waals surface area contributed by atoms with Crippen LogP contribution in [-0.2, 0) is 11.8 Å². The number of carbonyl (C=O) groups excluding carboxylic acids is 1. The molecule has 1 aliphatic rings. The fourth-order valence-corrected chi connectivity index (χ4v) is 4.44. The van der Waals surface area contributed by atoms with Crippen molar-refractivity contribution < 1.29 is 14.6 Å². The zero-order valence-corrected chi connectivity index (χ0v) is 19.9. The van der Waals surface area contributed by atoms with Gasteiger partial charge in [-0.1, -0.05) is 24.3 Å². The van der Waals surface area contributed by atoms with Crippen LogP contribution in [-0.4, -0.2) is 39.9 Å². The number of pyridine rings is 1. The molecule has 1 amide bonds. The summed E-state index contributed by atoms with van der Waals surface area (Å²) < 4.78 is 6.62. The molecule has 1 aromatic heterocycles.